The Morgan fingerprint density at radius 3 is 2.57 bits per heavy atom. The zero-order chi connectivity index (χ0) is 10.6. The molecule has 0 radical (unpaired) electrons. The molecule has 1 heterocycles. The lowest BCUT2D eigenvalue weighted by atomic mass is 10.0. The predicted octanol–water partition coefficient (Wildman–Crippen LogP) is 1.36. The number of nitrogens with one attached hydrogen (secondary N) is 1. The number of hydrogen-bond acceptors (Lipinski definition) is 4. The average molecular weight is 195 g/mol. The van der Waals surface area contributed by atoms with Crippen LogP contribution >= 0.6 is 0 Å². The highest BCUT2D eigenvalue weighted by Crippen LogP contribution is 2.14. The molecule has 1 rings (SSSR count). The summed E-state index contributed by atoms with van der Waals surface area (Å²) in [6.07, 6.45) is 0.683. The molecule has 14 heavy (non-hydrogen) atoms. The Morgan fingerprint density at radius 2 is 2.07 bits per heavy atom. The third kappa shape index (κ3) is 3.30. The zero-order valence-corrected chi connectivity index (χ0v) is 8.91. The van der Waals surface area contributed by atoms with Crippen molar-refractivity contribution in [3.05, 3.63) is 17.8 Å². The number of anilines is 1. The molecule has 0 fully saturated rings. The minimum Gasteiger partial charge on any atom is -0.396 e. The second-order valence-corrected chi connectivity index (χ2v) is 4.04. The fourth-order valence-electron chi connectivity index (χ4n) is 1.15. The molecule has 0 aliphatic heterocycles. The lowest BCUT2D eigenvalue weighted by Gasteiger charge is -2.25. The lowest BCUT2D eigenvalue weighted by Crippen LogP contribution is -2.32. The van der Waals surface area contributed by atoms with Gasteiger partial charge in [-0.3, -0.25) is 0 Å². The van der Waals surface area contributed by atoms with E-state index < -0.39 is 0 Å². The topological polar surface area (TPSA) is 58.0 Å². The Labute approximate surface area is 84.4 Å². The number of aryl methyl sites for hydroxylation is 1. The molecule has 0 aliphatic carbocycles. The largest absolute Gasteiger partial charge is 0.396 e. The van der Waals surface area contributed by atoms with Crippen molar-refractivity contribution < 1.29 is 5.11 Å². The third-order valence-corrected chi connectivity index (χ3v) is 2.00. The van der Waals surface area contributed by atoms with Gasteiger partial charge in [0.1, 0.15) is 5.82 Å². The van der Waals surface area contributed by atoms with E-state index in [1.807, 2.05) is 32.9 Å². The van der Waals surface area contributed by atoms with Gasteiger partial charge < -0.3 is 10.4 Å². The first-order valence-corrected chi connectivity index (χ1v) is 4.73. The Balaban J connectivity index is 2.64. The molecule has 4 heteroatoms. The lowest BCUT2D eigenvalue weighted by molar-refractivity contribution is 0.260. The van der Waals surface area contributed by atoms with Crippen LogP contribution in [0.1, 0.15) is 26.0 Å². The summed E-state index contributed by atoms with van der Waals surface area (Å²) in [5.74, 6) is 0.744. The van der Waals surface area contributed by atoms with Crippen molar-refractivity contribution in [2.45, 2.75) is 32.7 Å². The molecule has 0 atom stereocenters. The van der Waals surface area contributed by atoms with Gasteiger partial charge >= 0.3 is 0 Å². The van der Waals surface area contributed by atoms with Crippen molar-refractivity contribution in [3.63, 3.8) is 0 Å². The highest BCUT2D eigenvalue weighted by molar-refractivity contribution is 5.35. The summed E-state index contributed by atoms with van der Waals surface area (Å²) in [6, 6.07) is 3.80. The van der Waals surface area contributed by atoms with Gasteiger partial charge in [0.05, 0.1) is 5.69 Å². The monoisotopic (exact) mass is 195 g/mol. The van der Waals surface area contributed by atoms with Crippen molar-refractivity contribution in [3.8, 4) is 0 Å². The fraction of sp³-hybridized carbons (Fsp3) is 0.600. The Kier molecular flexibility index (Phi) is 3.41. The minimum absolute atomic E-state index is 0.154. The normalized spacial score (nSPS) is 11.4. The van der Waals surface area contributed by atoms with Gasteiger partial charge in [-0.25, -0.2) is 0 Å². The minimum atomic E-state index is -0.154. The number of aromatic nitrogens is 2. The van der Waals surface area contributed by atoms with Crippen molar-refractivity contribution in [1.82, 2.24) is 10.2 Å². The summed E-state index contributed by atoms with van der Waals surface area (Å²) in [5, 5.41) is 20.0. The summed E-state index contributed by atoms with van der Waals surface area (Å²) in [4.78, 5) is 0. The van der Waals surface area contributed by atoms with Gasteiger partial charge in [0.25, 0.3) is 0 Å². The molecule has 1 aromatic heterocycles. The van der Waals surface area contributed by atoms with Crippen molar-refractivity contribution >= 4 is 5.82 Å². The molecule has 1 aromatic rings. The van der Waals surface area contributed by atoms with Gasteiger partial charge in [-0.1, -0.05) is 0 Å². The molecule has 0 spiro atoms. The van der Waals surface area contributed by atoms with Crippen LogP contribution in [0.3, 0.4) is 0 Å². The second kappa shape index (κ2) is 4.37. The number of aliphatic hydroxyl groups is 1. The highest BCUT2D eigenvalue weighted by Gasteiger charge is 2.16. The van der Waals surface area contributed by atoms with Crippen LogP contribution in [-0.2, 0) is 0 Å². The van der Waals surface area contributed by atoms with Crippen LogP contribution in [-0.4, -0.2) is 27.4 Å². The smallest absolute Gasteiger partial charge is 0.149 e. The van der Waals surface area contributed by atoms with Crippen LogP contribution in [0.4, 0.5) is 5.82 Å². The van der Waals surface area contributed by atoms with Crippen LogP contribution < -0.4 is 5.32 Å². The molecule has 0 bridgehead atoms. The fourth-order valence-corrected chi connectivity index (χ4v) is 1.15. The number of aliphatic hydroxyl groups excluding tert-OH is 1. The highest BCUT2D eigenvalue weighted by atomic mass is 16.3. The van der Waals surface area contributed by atoms with Crippen molar-refractivity contribution in [2.75, 3.05) is 11.9 Å². The van der Waals surface area contributed by atoms with Crippen LogP contribution in [0.5, 0.6) is 0 Å². The second-order valence-electron chi connectivity index (χ2n) is 4.04. The van der Waals surface area contributed by atoms with Crippen LogP contribution in [0, 0.1) is 6.92 Å². The molecule has 78 valence electrons. The molecule has 4 nitrogen and oxygen atoms in total. The van der Waals surface area contributed by atoms with E-state index in [9.17, 15) is 0 Å². The SMILES string of the molecule is Cc1ccc(NC(C)(C)CCO)nn1. The van der Waals surface area contributed by atoms with Crippen LogP contribution in [0.25, 0.3) is 0 Å². The molecule has 0 aromatic carbocycles. The van der Waals surface area contributed by atoms with Crippen molar-refractivity contribution in [2.24, 2.45) is 0 Å². The molecule has 0 aliphatic rings. The summed E-state index contributed by atoms with van der Waals surface area (Å²) >= 11 is 0. The first-order valence-electron chi connectivity index (χ1n) is 4.73. The molecular weight excluding hydrogens is 178 g/mol. The molecule has 0 amide bonds. The molecule has 0 unspecified atom stereocenters. The number of nitrogens with zero attached hydrogens (tertiary/aromatic N) is 2. The van der Waals surface area contributed by atoms with Gasteiger partial charge in [-0.05, 0) is 39.3 Å². The molecule has 0 saturated carbocycles. The molecular formula is C10H17N3O. The van der Waals surface area contributed by atoms with E-state index >= 15 is 0 Å². The summed E-state index contributed by atoms with van der Waals surface area (Å²) in [6.45, 7) is 6.10. The van der Waals surface area contributed by atoms with E-state index in [2.05, 4.69) is 15.5 Å². The molecule has 0 saturated heterocycles. The maximum absolute atomic E-state index is 8.85. The van der Waals surface area contributed by atoms with Crippen LogP contribution in [0.15, 0.2) is 12.1 Å². The van der Waals surface area contributed by atoms with E-state index in [0.29, 0.717) is 6.42 Å². The first-order chi connectivity index (χ1) is 6.53. The number of hydrogen-bond donors (Lipinski definition) is 2. The summed E-state index contributed by atoms with van der Waals surface area (Å²) in [7, 11) is 0. The average Bonchev–Trinajstić information content (AvgIpc) is 2.08. The quantitative estimate of drug-likeness (QED) is 0.761. The Hall–Kier alpha value is -1.16. The Bertz CT molecular complexity index is 282. The van der Waals surface area contributed by atoms with Gasteiger partial charge in [0, 0.05) is 12.1 Å². The third-order valence-electron chi connectivity index (χ3n) is 2.00. The van der Waals surface area contributed by atoms with Gasteiger partial charge in [-0.15, -0.1) is 5.10 Å². The van der Waals surface area contributed by atoms with E-state index in [0.717, 1.165) is 11.5 Å². The number of rotatable bonds is 4. The summed E-state index contributed by atoms with van der Waals surface area (Å²) in [5.41, 5.74) is 0.745. The first kappa shape index (κ1) is 10.9. The standard InChI is InChI=1S/C10H17N3O/c1-8-4-5-9(13-12-8)11-10(2,3)6-7-14/h4-5,14H,6-7H2,1-3H3,(H,11,13). The van der Waals surface area contributed by atoms with Crippen molar-refractivity contribution in [1.29, 1.82) is 0 Å². The van der Waals surface area contributed by atoms with E-state index in [1.165, 1.54) is 0 Å². The zero-order valence-electron chi connectivity index (χ0n) is 8.91. The Morgan fingerprint density at radius 1 is 1.36 bits per heavy atom. The van der Waals surface area contributed by atoms with Crippen LogP contribution in [0.2, 0.25) is 0 Å². The van der Waals surface area contributed by atoms with Gasteiger partial charge in [0.15, 0.2) is 0 Å². The maximum Gasteiger partial charge on any atom is 0.149 e. The maximum atomic E-state index is 8.85. The van der Waals surface area contributed by atoms with E-state index in [1.54, 1.807) is 0 Å². The summed E-state index contributed by atoms with van der Waals surface area (Å²) < 4.78 is 0. The van der Waals surface area contributed by atoms with E-state index in [4.69, 9.17) is 5.11 Å². The van der Waals surface area contributed by atoms with Gasteiger partial charge in [0.2, 0.25) is 0 Å². The van der Waals surface area contributed by atoms with E-state index in [-0.39, 0.29) is 12.1 Å². The molecule has 2 N–H and O–H groups in total. The van der Waals surface area contributed by atoms with Gasteiger partial charge in [-0.2, -0.15) is 5.10 Å². The predicted molar refractivity (Wildman–Crippen MR) is 56.2 cm³/mol.